The Labute approximate surface area is 555 Å². The van der Waals surface area contributed by atoms with Crippen LogP contribution >= 0.6 is 0 Å². The van der Waals surface area contributed by atoms with Gasteiger partial charge < -0.3 is 56.8 Å². The Balaban J connectivity index is 1.73. The van der Waals surface area contributed by atoms with Crippen LogP contribution in [0.5, 0.6) is 69.0 Å². The fourth-order valence-electron chi connectivity index (χ4n) is 12.6. The third-order valence-corrected chi connectivity index (χ3v) is 16.3. The van der Waals surface area contributed by atoms with Crippen LogP contribution in [-0.2, 0) is 38.4 Å². The molecule has 0 amide bonds. The molecule has 20 nitrogen and oxygen atoms in total. The molecule has 8 bridgehead atoms. The van der Waals surface area contributed by atoms with Crippen LogP contribution in [0.1, 0.15) is 168 Å². The van der Waals surface area contributed by atoms with E-state index in [0.717, 1.165) is 0 Å². The number of fused-ring (bicyclic) bond motifs is 8. The molecule has 0 saturated carbocycles. The molecule has 0 N–H and O–H groups in total. The van der Waals surface area contributed by atoms with Crippen LogP contribution < -0.4 is 56.8 Å². The standard InChI is InChI=1S/C76H72O20/c1-37-69(89-41(5)77)57-33-58(70(37)90-42(6)78)66(50-19-27-54(86-14)28-20-50)60-35-62(74(94-46(10)82)39(3)72(60)92-44(8)80)68(52-23-31-56(88-16)32-24-52)64-36-63(75(95-47(11)83)40(4)76(64)96-48(12)84)67(51-21-29-55(87-15)30-22-51)61-34-59(65(57)49-17-25-53(85-13)26-18-49)71(91-43(7)79)38(2)73(61)93-45(9)81/h17-36,65-68H,1-16H3. The summed E-state index contributed by atoms with van der Waals surface area (Å²) in [5, 5.41) is 0. The first-order valence-corrected chi connectivity index (χ1v) is 30.4. The third-order valence-electron chi connectivity index (χ3n) is 16.3. The molecule has 0 unspecified atom stereocenters. The lowest BCUT2D eigenvalue weighted by Gasteiger charge is -2.34. The minimum Gasteiger partial charge on any atom is -0.497 e. The van der Waals surface area contributed by atoms with E-state index in [-0.39, 0.29) is 113 Å². The minimum atomic E-state index is -1.26. The normalized spacial score (nSPS) is 14.6. The van der Waals surface area contributed by atoms with E-state index < -0.39 is 71.4 Å². The molecule has 0 fully saturated rings. The van der Waals surface area contributed by atoms with Crippen LogP contribution in [0, 0.1) is 27.7 Å². The van der Waals surface area contributed by atoms with Gasteiger partial charge in [-0.05, 0) is 123 Å². The maximum absolute atomic E-state index is 14.0. The molecular formula is C76H72O20. The van der Waals surface area contributed by atoms with E-state index >= 15 is 0 Å². The predicted molar refractivity (Wildman–Crippen MR) is 351 cm³/mol. The molecule has 9 rings (SSSR count). The highest BCUT2D eigenvalue weighted by Gasteiger charge is 2.41. The van der Waals surface area contributed by atoms with Crippen molar-refractivity contribution in [2.45, 2.75) is 107 Å². The van der Waals surface area contributed by atoms with Gasteiger partial charge in [-0.3, -0.25) is 38.4 Å². The molecule has 0 radical (unpaired) electrons. The second kappa shape index (κ2) is 28.9. The van der Waals surface area contributed by atoms with Crippen LogP contribution in [0.2, 0.25) is 0 Å². The Bertz CT molecular complexity index is 3680. The van der Waals surface area contributed by atoms with Crippen LogP contribution in [-0.4, -0.2) is 76.2 Å². The summed E-state index contributed by atoms with van der Waals surface area (Å²) in [6, 6.07) is 34.4. The molecule has 20 heteroatoms. The molecule has 0 saturated heterocycles. The van der Waals surface area contributed by atoms with Gasteiger partial charge >= 0.3 is 47.8 Å². The van der Waals surface area contributed by atoms with Gasteiger partial charge in [0, 0.05) is 146 Å². The fourth-order valence-corrected chi connectivity index (χ4v) is 12.6. The monoisotopic (exact) mass is 1300 g/mol. The molecule has 0 spiro atoms. The summed E-state index contributed by atoms with van der Waals surface area (Å²) in [6.07, 6.45) is 0. The van der Waals surface area contributed by atoms with Crippen molar-refractivity contribution in [3.8, 4) is 69.0 Å². The van der Waals surface area contributed by atoms with Gasteiger partial charge in [0.15, 0.2) is 0 Å². The van der Waals surface area contributed by atoms with E-state index in [9.17, 15) is 38.4 Å². The van der Waals surface area contributed by atoms with Crippen molar-refractivity contribution in [3.05, 3.63) is 210 Å². The minimum absolute atomic E-state index is 0.103. The van der Waals surface area contributed by atoms with Crippen molar-refractivity contribution >= 4 is 47.8 Å². The van der Waals surface area contributed by atoms with Crippen LogP contribution in [0.15, 0.2) is 121 Å². The lowest BCUT2D eigenvalue weighted by Crippen LogP contribution is -2.21. The topological polar surface area (TPSA) is 247 Å². The smallest absolute Gasteiger partial charge is 0.308 e. The van der Waals surface area contributed by atoms with Crippen LogP contribution in [0.3, 0.4) is 0 Å². The number of ether oxygens (including phenoxy) is 12. The summed E-state index contributed by atoms with van der Waals surface area (Å²) in [4.78, 5) is 112. The SMILES string of the molecule is COc1ccc(C2c3cc(c(OC(C)=O)c(C)c3OC(C)=O)C(c3ccc(OC)cc3)c3cc(c(OC(C)=O)c(C)c3OC(C)=O)C(c3ccc(OC)cc3)c3cc(c(OC(C)=O)c(C)c3OC(C)=O)C(c3ccc(OC)cc3)c3cc2c(OC(C)=O)c(C)c3OC(C)=O)cc1. The average molecular weight is 1310 g/mol. The summed E-state index contributed by atoms with van der Waals surface area (Å²) < 4.78 is 74.0. The first-order valence-electron chi connectivity index (χ1n) is 30.4. The van der Waals surface area contributed by atoms with Crippen molar-refractivity contribution in [3.63, 3.8) is 0 Å². The first kappa shape index (κ1) is 69.1. The Morgan fingerprint density at radius 3 is 0.458 bits per heavy atom. The summed E-state index contributed by atoms with van der Waals surface area (Å²) in [7, 11) is 5.98. The Morgan fingerprint density at radius 2 is 0.354 bits per heavy atom. The summed E-state index contributed by atoms with van der Waals surface area (Å²) in [5.41, 5.74) is 3.72. The molecule has 8 aromatic carbocycles. The molecular weight excluding hydrogens is 1230 g/mol. The second-order valence-electron chi connectivity index (χ2n) is 22.9. The van der Waals surface area contributed by atoms with E-state index in [1.165, 1.54) is 83.8 Å². The quantitative estimate of drug-likeness (QED) is 0.0644. The van der Waals surface area contributed by atoms with Crippen LogP contribution in [0.4, 0.5) is 0 Å². The van der Waals surface area contributed by atoms with Crippen molar-refractivity contribution < 1.29 is 95.2 Å². The van der Waals surface area contributed by atoms with Gasteiger partial charge in [0.2, 0.25) is 0 Å². The summed E-state index contributed by atoms with van der Waals surface area (Å²) in [6.45, 7) is 16.0. The van der Waals surface area contributed by atoms with Gasteiger partial charge in [-0.15, -0.1) is 0 Å². The largest absolute Gasteiger partial charge is 0.497 e. The highest BCUT2D eigenvalue weighted by molar-refractivity contribution is 5.83. The average Bonchev–Trinajstić information content (AvgIpc) is 0.727. The van der Waals surface area contributed by atoms with Crippen molar-refractivity contribution in [1.82, 2.24) is 0 Å². The first-order chi connectivity index (χ1) is 45.7. The van der Waals surface area contributed by atoms with Gasteiger partial charge in [-0.1, -0.05) is 48.5 Å². The van der Waals surface area contributed by atoms with E-state index in [1.54, 1.807) is 149 Å². The Kier molecular flexibility index (Phi) is 20.8. The van der Waals surface area contributed by atoms with Crippen molar-refractivity contribution in [1.29, 1.82) is 0 Å². The molecule has 0 aromatic heterocycles. The highest BCUT2D eigenvalue weighted by atomic mass is 16.6. The van der Waals surface area contributed by atoms with Gasteiger partial charge in [0.25, 0.3) is 0 Å². The number of methoxy groups -OCH3 is 4. The number of carbonyl (C=O) groups is 8. The van der Waals surface area contributed by atoms with E-state index in [2.05, 4.69) is 0 Å². The van der Waals surface area contributed by atoms with E-state index in [1.807, 2.05) is 0 Å². The summed E-state index contributed by atoms with van der Waals surface area (Å²) in [5.74, 6) is -10.6. The number of esters is 8. The Morgan fingerprint density at radius 1 is 0.229 bits per heavy atom. The zero-order chi connectivity index (χ0) is 69.7. The fraction of sp³-hybridized carbons (Fsp3) is 0.263. The lowest BCUT2D eigenvalue weighted by atomic mass is 9.73. The molecule has 1 aliphatic carbocycles. The number of rotatable bonds is 16. The molecule has 8 aromatic rings. The Hall–Kier alpha value is -11.3. The van der Waals surface area contributed by atoms with E-state index in [0.29, 0.717) is 45.3 Å². The number of hydrogen-bond acceptors (Lipinski definition) is 20. The lowest BCUT2D eigenvalue weighted by molar-refractivity contribution is -0.133. The number of benzene rings is 8. The molecule has 0 heterocycles. The molecule has 0 aliphatic heterocycles. The van der Waals surface area contributed by atoms with Gasteiger partial charge in [0.1, 0.15) is 69.0 Å². The molecule has 96 heavy (non-hydrogen) atoms. The number of carbonyl (C=O) groups excluding carboxylic acids is 8. The predicted octanol–water partition coefficient (Wildman–Crippen LogP) is 13.4. The van der Waals surface area contributed by atoms with Gasteiger partial charge in [-0.2, -0.15) is 0 Å². The summed E-state index contributed by atoms with van der Waals surface area (Å²) >= 11 is 0. The second-order valence-corrected chi connectivity index (χ2v) is 22.9. The number of hydrogen-bond donors (Lipinski definition) is 0. The maximum atomic E-state index is 14.0. The highest BCUT2D eigenvalue weighted by Crippen LogP contribution is 2.58. The molecule has 1 aliphatic rings. The van der Waals surface area contributed by atoms with Crippen molar-refractivity contribution in [2.24, 2.45) is 0 Å². The van der Waals surface area contributed by atoms with Crippen LogP contribution in [0.25, 0.3) is 0 Å². The molecule has 496 valence electrons. The third kappa shape index (κ3) is 14.3. The van der Waals surface area contributed by atoms with Crippen molar-refractivity contribution in [2.75, 3.05) is 28.4 Å². The van der Waals surface area contributed by atoms with Gasteiger partial charge in [-0.25, -0.2) is 0 Å². The molecule has 0 atom stereocenters. The van der Waals surface area contributed by atoms with E-state index in [4.69, 9.17) is 56.8 Å². The zero-order valence-electron chi connectivity index (χ0n) is 56.0. The zero-order valence-corrected chi connectivity index (χ0v) is 56.0. The van der Waals surface area contributed by atoms with Gasteiger partial charge in [0.05, 0.1) is 28.4 Å². The maximum Gasteiger partial charge on any atom is 0.308 e.